The molecular weight excluding hydrogens is 398 g/mol. The fourth-order valence-electron chi connectivity index (χ4n) is 2.98. The molecule has 0 aliphatic carbocycles. The maximum Gasteiger partial charge on any atom is 0.319 e. The summed E-state index contributed by atoms with van der Waals surface area (Å²) in [5.74, 6) is 1.07. The summed E-state index contributed by atoms with van der Waals surface area (Å²) in [5, 5.41) is 6.38. The van der Waals surface area contributed by atoms with Gasteiger partial charge in [-0.3, -0.25) is 0 Å². The molecule has 0 fully saturated rings. The molecule has 0 bridgehead atoms. The first-order valence-corrected chi connectivity index (χ1v) is 10.2. The smallest absolute Gasteiger partial charge is 0.319 e. The molecule has 0 saturated heterocycles. The molecule has 0 atom stereocenters. The quantitative estimate of drug-likeness (QED) is 0.496. The molecule has 6 heteroatoms. The molecule has 2 aromatic carbocycles. The van der Waals surface area contributed by atoms with Gasteiger partial charge in [0.1, 0.15) is 11.4 Å². The van der Waals surface area contributed by atoms with E-state index >= 15 is 0 Å². The van der Waals surface area contributed by atoms with E-state index in [0.29, 0.717) is 29.6 Å². The van der Waals surface area contributed by atoms with Crippen LogP contribution in [0, 0.1) is 0 Å². The Morgan fingerprint density at radius 2 is 1.77 bits per heavy atom. The zero-order valence-electron chi connectivity index (χ0n) is 17.4. The summed E-state index contributed by atoms with van der Waals surface area (Å²) in [6.45, 7) is 6.87. The number of anilines is 1. The number of hydrogen-bond donors (Lipinski definition) is 2. The van der Waals surface area contributed by atoms with Crippen LogP contribution in [-0.2, 0) is 11.8 Å². The first-order valence-electron chi connectivity index (χ1n) is 9.84. The molecule has 1 heterocycles. The van der Waals surface area contributed by atoms with Crippen LogP contribution in [0.25, 0.3) is 0 Å². The average Bonchev–Trinajstić information content (AvgIpc) is 2.70. The van der Waals surface area contributed by atoms with Gasteiger partial charge >= 0.3 is 6.03 Å². The minimum absolute atomic E-state index is 0.0853. The molecule has 1 aromatic heterocycles. The number of halogens is 1. The second kappa shape index (κ2) is 9.63. The number of rotatable bonds is 6. The van der Waals surface area contributed by atoms with Gasteiger partial charge in [-0.15, -0.1) is 0 Å². The lowest BCUT2D eigenvalue weighted by Gasteiger charge is -2.22. The number of nitrogens with one attached hydrogen (secondary N) is 2. The van der Waals surface area contributed by atoms with E-state index in [2.05, 4.69) is 36.4 Å². The maximum atomic E-state index is 12.4. The molecule has 2 amide bonds. The highest BCUT2D eigenvalue weighted by Crippen LogP contribution is 2.35. The van der Waals surface area contributed by atoms with Crippen LogP contribution >= 0.6 is 11.6 Å². The highest BCUT2D eigenvalue weighted by Gasteiger charge is 2.20. The van der Waals surface area contributed by atoms with Crippen molar-refractivity contribution in [1.82, 2.24) is 10.3 Å². The highest BCUT2D eigenvalue weighted by molar-refractivity contribution is 6.30. The first kappa shape index (κ1) is 21.7. The lowest BCUT2D eigenvalue weighted by molar-refractivity contribution is 0.252. The van der Waals surface area contributed by atoms with E-state index in [-0.39, 0.29) is 11.4 Å². The van der Waals surface area contributed by atoms with E-state index in [9.17, 15) is 4.79 Å². The van der Waals surface area contributed by atoms with Gasteiger partial charge in [-0.2, -0.15) is 0 Å². The lowest BCUT2D eigenvalue weighted by Crippen LogP contribution is -2.30. The summed E-state index contributed by atoms with van der Waals surface area (Å²) in [5.41, 5.74) is 2.58. The summed E-state index contributed by atoms with van der Waals surface area (Å²) in [6.07, 6.45) is 2.35. The maximum absolute atomic E-state index is 12.4. The van der Waals surface area contributed by atoms with E-state index in [1.807, 2.05) is 48.5 Å². The number of aromatic nitrogens is 1. The number of ether oxygens (including phenoxy) is 1. The second-order valence-electron chi connectivity index (χ2n) is 7.96. The summed E-state index contributed by atoms with van der Waals surface area (Å²) >= 11 is 5.90. The normalized spacial score (nSPS) is 11.1. The molecule has 0 unspecified atom stereocenters. The van der Waals surface area contributed by atoms with Crippen molar-refractivity contribution in [2.45, 2.75) is 32.6 Å². The van der Waals surface area contributed by atoms with Gasteiger partial charge in [-0.1, -0.05) is 62.7 Å². The number of carbonyl (C=O) groups is 1. The average molecular weight is 424 g/mol. The Morgan fingerprint density at radius 3 is 2.50 bits per heavy atom. The molecule has 156 valence electrons. The number of amides is 2. The van der Waals surface area contributed by atoms with Crippen molar-refractivity contribution < 1.29 is 9.53 Å². The molecule has 2 N–H and O–H groups in total. The first-order chi connectivity index (χ1) is 14.3. The van der Waals surface area contributed by atoms with Gasteiger partial charge in [0.25, 0.3) is 0 Å². The van der Waals surface area contributed by atoms with Crippen molar-refractivity contribution in [3.8, 4) is 11.6 Å². The third-order valence-corrected chi connectivity index (χ3v) is 4.79. The van der Waals surface area contributed by atoms with E-state index in [0.717, 1.165) is 16.9 Å². The number of benzene rings is 2. The Balaban J connectivity index is 1.64. The highest BCUT2D eigenvalue weighted by atomic mass is 35.5. The van der Waals surface area contributed by atoms with Crippen LogP contribution in [-0.4, -0.2) is 17.6 Å². The van der Waals surface area contributed by atoms with Gasteiger partial charge in [0.05, 0.1) is 0 Å². The van der Waals surface area contributed by atoms with Crippen molar-refractivity contribution in [3.05, 3.63) is 83.0 Å². The number of carbonyl (C=O) groups excluding carboxylic acids is 1. The molecule has 3 aromatic rings. The fraction of sp³-hybridized carbons (Fsp3) is 0.250. The summed E-state index contributed by atoms with van der Waals surface area (Å²) in [4.78, 5) is 16.7. The molecule has 0 aliphatic heterocycles. The van der Waals surface area contributed by atoms with Crippen LogP contribution in [0.1, 0.15) is 31.9 Å². The predicted molar refractivity (Wildman–Crippen MR) is 122 cm³/mol. The summed E-state index contributed by atoms with van der Waals surface area (Å²) in [6, 6.07) is 18.6. The molecule has 0 saturated carbocycles. The minimum Gasteiger partial charge on any atom is -0.437 e. The molecule has 0 spiro atoms. The van der Waals surface area contributed by atoms with Crippen LogP contribution in [0.5, 0.6) is 11.6 Å². The van der Waals surface area contributed by atoms with Gasteiger partial charge in [0, 0.05) is 23.3 Å². The Kier molecular flexibility index (Phi) is 6.95. The van der Waals surface area contributed by atoms with Crippen molar-refractivity contribution >= 4 is 23.3 Å². The largest absolute Gasteiger partial charge is 0.437 e. The Bertz CT molecular complexity index is 998. The van der Waals surface area contributed by atoms with Crippen molar-refractivity contribution in [3.63, 3.8) is 0 Å². The van der Waals surface area contributed by atoms with Gasteiger partial charge in [-0.05, 0) is 47.7 Å². The van der Waals surface area contributed by atoms with Gasteiger partial charge in [-0.25, -0.2) is 9.78 Å². The Morgan fingerprint density at radius 1 is 1.03 bits per heavy atom. The standard InChI is InChI=1S/C24H26ClN3O2/c1-24(2,3)19-7-4-5-9-21(19)30-22-20(8-6-15-26-22)28-23(29)27-16-14-17-10-12-18(25)13-11-17/h4-13,15H,14,16H2,1-3H3,(H2,27,28,29). The lowest BCUT2D eigenvalue weighted by atomic mass is 9.86. The van der Waals surface area contributed by atoms with Crippen molar-refractivity contribution in [2.75, 3.05) is 11.9 Å². The van der Waals surface area contributed by atoms with E-state index in [1.54, 1.807) is 18.3 Å². The minimum atomic E-state index is -0.314. The monoisotopic (exact) mass is 423 g/mol. The zero-order chi connectivity index (χ0) is 21.6. The van der Waals surface area contributed by atoms with Crippen LogP contribution in [0.4, 0.5) is 10.5 Å². The summed E-state index contributed by atoms with van der Waals surface area (Å²) in [7, 11) is 0. The SMILES string of the molecule is CC(C)(C)c1ccccc1Oc1ncccc1NC(=O)NCCc1ccc(Cl)cc1. The number of hydrogen-bond acceptors (Lipinski definition) is 3. The zero-order valence-corrected chi connectivity index (χ0v) is 18.2. The van der Waals surface area contributed by atoms with E-state index in [4.69, 9.17) is 16.3 Å². The van der Waals surface area contributed by atoms with E-state index in [1.165, 1.54) is 0 Å². The summed E-state index contributed by atoms with van der Waals surface area (Å²) < 4.78 is 6.09. The van der Waals surface area contributed by atoms with Crippen molar-refractivity contribution in [2.24, 2.45) is 0 Å². The van der Waals surface area contributed by atoms with Crippen LogP contribution in [0.3, 0.4) is 0 Å². The molecule has 0 radical (unpaired) electrons. The van der Waals surface area contributed by atoms with Crippen LogP contribution < -0.4 is 15.4 Å². The Hall–Kier alpha value is -3.05. The van der Waals surface area contributed by atoms with E-state index < -0.39 is 0 Å². The van der Waals surface area contributed by atoms with Crippen LogP contribution in [0.2, 0.25) is 5.02 Å². The predicted octanol–water partition coefficient (Wildman–Crippen LogP) is 6.19. The molecule has 30 heavy (non-hydrogen) atoms. The third-order valence-electron chi connectivity index (χ3n) is 4.53. The number of pyridine rings is 1. The molecule has 0 aliphatic rings. The number of urea groups is 1. The van der Waals surface area contributed by atoms with Gasteiger partial charge < -0.3 is 15.4 Å². The third kappa shape index (κ3) is 5.97. The topological polar surface area (TPSA) is 63.2 Å². The molecule has 5 nitrogen and oxygen atoms in total. The van der Waals surface area contributed by atoms with Crippen molar-refractivity contribution in [1.29, 1.82) is 0 Å². The molecule has 3 rings (SSSR count). The number of nitrogens with zero attached hydrogens (tertiary/aromatic N) is 1. The van der Waals surface area contributed by atoms with Gasteiger partial charge in [0.15, 0.2) is 0 Å². The number of para-hydroxylation sites is 1. The molecular formula is C24H26ClN3O2. The Labute approximate surface area is 182 Å². The van der Waals surface area contributed by atoms with Crippen LogP contribution in [0.15, 0.2) is 66.9 Å². The van der Waals surface area contributed by atoms with Gasteiger partial charge in [0.2, 0.25) is 5.88 Å². The fourth-order valence-corrected chi connectivity index (χ4v) is 3.11. The second-order valence-corrected chi connectivity index (χ2v) is 8.40.